The minimum absolute atomic E-state index is 0.0628. The van der Waals surface area contributed by atoms with Crippen molar-refractivity contribution in [1.82, 2.24) is 4.98 Å². The number of aliphatic hydroxyl groups is 1. The van der Waals surface area contributed by atoms with Gasteiger partial charge in [0.15, 0.2) is 11.6 Å². The minimum Gasteiger partial charge on any atom is -0.392 e. The van der Waals surface area contributed by atoms with Crippen LogP contribution in [0.2, 0.25) is 0 Å². The van der Waals surface area contributed by atoms with E-state index in [1.54, 1.807) is 11.0 Å². The molecule has 1 aromatic heterocycles. The molecule has 1 N–H and O–H groups in total. The van der Waals surface area contributed by atoms with Gasteiger partial charge in [-0.2, -0.15) is 0 Å². The largest absolute Gasteiger partial charge is 0.392 e. The number of ether oxygens (including phenoxy) is 1. The molecule has 116 valence electrons. The second-order valence-electron chi connectivity index (χ2n) is 5.11. The van der Waals surface area contributed by atoms with Crippen molar-refractivity contribution in [2.75, 3.05) is 25.0 Å². The molecule has 1 fully saturated rings. The van der Waals surface area contributed by atoms with E-state index in [9.17, 15) is 8.78 Å². The van der Waals surface area contributed by atoms with E-state index in [2.05, 4.69) is 4.98 Å². The van der Waals surface area contributed by atoms with Gasteiger partial charge in [0, 0.05) is 43.0 Å². The van der Waals surface area contributed by atoms with Gasteiger partial charge in [-0.3, -0.25) is 0 Å². The van der Waals surface area contributed by atoms with Crippen molar-refractivity contribution in [2.24, 2.45) is 0 Å². The van der Waals surface area contributed by atoms with E-state index in [0.29, 0.717) is 0 Å². The second kappa shape index (κ2) is 5.98. The van der Waals surface area contributed by atoms with E-state index in [1.807, 2.05) is 0 Å². The van der Waals surface area contributed by atoms with Gasteiger partial charge in [0.05, 0.1) is 16.8 Å². The maximum absolute atomic E-state index is 14.4. The molecule has 0 atom stereocenters. The van der Waals surface area contributed by atoms with Crippen LogP contribution in [0.15, 0.2) is 30.5 Å². The van der Waals surface area contributed by atoms with Crippen molar-refractivity contribution in [3.8, 4) is 11.1 Å². The summed E-state index contributed by atoms with van der Waals surface area (Å²) < 4.78 is 54.6. The normalized spacial score (nSPS) is 17.6. The third-order valence-electron chi connectivity index (χ3n) is 3.70. The van der Waals surface area contributed by atoms with E-state index in [-0.39, 0.29) is 35.6 Å². The number of anilines is 1. The van der Waals surface area contributed by atoms with Crippen molar-refractivity contribution in [1.29, 1.82) is 0 Å². The highest BCUT2D eigenvalue weighted by molar-refractivity contribution is 5.66. The van der Waals surface area contributed by atoms with Crippen molar-refractivity contribution in [3.63, 3.8) is 0 Å². The molecule has 1 saturated heterocycles. The van der Waals surface area contributed by atoms with Crippen LogP contribution < -0.4 is 4.90 Å². The number of hydrogen-bond acceptors (Lipinski definition) is 4. The first kappa shape index (κ1) is 11.5. The number of pyridine rings is 1. The van der Waals surface area contributed by atoms with Gasteiger partial charge in [-0.05, 0) is 6.07 Å². The van der Waals surface area contributed by atoms with Crippen molar-refractivity contribution < 1.29 is 22.7 Å². The van der Waals surface area contributed by atoms with E-state index in [1.165, 1.54) is 24.4 Å². The van der Waals surface area contributed by atoms with Crippen molar-refractivity contribution in [2.45, 2.75) is 12.7 Å². The van der Waals surface area contributed by atoms with Crippen LogP contribution in [0.5, 0.6) is 0 Å². The number of hydrogen-bond donors (Lipinski definition) is 1. The summed E-state index contributed by atoms with van der Waals surface area (Å²) in [5.74, 6) is -1.19. The molecule has 0 saturated carbocycles. The van der Waals surface area contributed by atoms with Crippen LogP contribution in [0.1, 0.15) is 9.68 Å². The minimum atomic E-state index is -2.48. The quantitative estimate of drug-likeness (QED) is 0.942. The number of aromatic nitrogens is 1. The highest BCUT2D eigenvalue weighted by atomic mass is 19.1. The van der Waals surface area contributed by atoms with Crippen LogP contribution in [0.25, 0.3) is 11.1 Å². The molecule has 1 aliphatic rings. The fourth-order valence-electron chi connectivity index (χ4n) is 2.42. The Morgan fingerprint density at radius 3 is 2.95 bits per heavy atom. The molecule has 2 aromatic rings. The fraction of sp³-hybridized carbons (Fsp3) is 0.312. The van der Waals surface area contributed by atoms with Crippen LogP contribution in [-0.4, -0.2) is 36.3 Å². The maximum Gasteiger partial charge on any atom is 0.166 e. The first-order chi connectivity index (χ1) is 11.8. The summed E-state index contributed by atoms with van der Waals surface area (Å²) in [5.41, 5.74) is 0.524. The van der Waals surface area contributed by atoms with Crippen LogP contribution >= 0.6 is 0 Å². The van der Waals surface area contributed by atoms with Gasteiger partial charge in [0.2, 0.25) is 0 Å². The Balaban J connectivity index is 1.77. The standard InChI is InChI=1S/C16H16F2N2O2/c1-22-12-7-20(8-12)16-14(17)5-11(6-19-16)13-4-2-3-10(9-21)15(13)18/h2-6,12,21H,7-9H2,1H3/i1D3. The molecule has 22 heavy (non-hydrogen) atoms. The molecule has 2 heterocycles. The lowest BCUT2D eigenvalue weighted by Gasteiger charge is -2.39. The maximum atomic E-state index is 14.4. The predicted octanol–water partition coefficient (Wildman–Crippen LogP) is 2.35. The highest BCUT2D eigenvalue weighted by Crippen LogP contribution is 2.29. The van der Waals surface area contributed by atoms with E-state index in [4.69, 9.17) is 14.0 Å². The SMILES string of the molecule is [2H]C([2H])([2H])OC1CN(c2ncc(-c3cccc(CO)c3F)cc2F)C1. The summed E-state index contributed by atoms with van der Waals surface area (Å²) in [4.78, 5) is 5.58. The second-order valence-corrected chi connectivity index (χ2v) is 5.11. The van der Waals surface area contributed by atoms with Gasteiger partial charge in [-0.15, -0.1) is 0 Å². The number of nitrogens with zero attached hydrogens (tertiary/aromatic N) is 2. The zero-order valence-electron chi connectivity index (χ0n) is 14.6. The summed E-state index contributed by atoms with van der Waals surface area (Å²) in [6, 6.07) is 5.67. The summed E-state index contributed by atoms with van der Waals surface area (Å²) in [5, 5.41) is 9.12. The molecule has 1 aromatic carbocycles. The average molecular weight is 309 g/mol. The molecule has 3 rings (SSSR count). The van der Waals surface area contributed by atoms with E-state index >= 15 is 0 Å². The van der Waals surface area contributed by atoms with Gasteiger partial charge in [-0.1, -0.05) is 18.2 Å². The molecule has 4 nitrogen and oxygen atoms in total. The molecule has 0 spiro atoms. The lowest BCUT2D eigenvalue weighted by molar-refractivity contribution is 0.0779. The van der Waals surface area contributed by atoms with Crippen molar-refractivity contribution >= 4 is 5.82 Å². The Bertz CT molecular complexity index is 780. The van der Waals surface area contributed by atoms with E-state index < -0.39 is 31.4 Å². The number of benzene rings is 1. The Hall–Kier alpha value is -2.05. The first-order valence-corrected chi connectivity index (χ1v) is 6.75. The molecule has 6 heteroatoms. The molecular formula is C16H16F2N2O2. The molecule has 0 unspecified atom stereocenters. The smallest absolute Gasteiger partial charge is 0.166 e. The Morgan fingerprint density at radius 2 is 2.27 bits per heavy atom. The monoisotopic (exact) mass is 309 g/mol. The molecular weight excluding hydrogens is 290 g/mol. The predicted molar refractivity (Wildman–Crippen MR) is 78.5 cm³/mol. The zero-order chi connectivity index (χ0) is 18.2. The van der Waals surface area contributed by atoms with Gasteiger partial charge in [0.25, 0.3) is 0 Å². The topological polar surface area (TPSA) is 45.6 Å². The third kappa shape index (κ3) is 2.55. The first-order valence-electron chi connectivity index (χ1n) is 8.25. The summed E-state index contributed by atoms with van der Waals surface area (Å²) in [7, 11) is -2.48. The summed E-state index contributed by atoms with van der Waals surface area (Å²) in [6.07, 6.45) is 0.836. The van der Waals surface area contributed by atoms with Gasteiger partial charge >= 0.3 is 0 Å². The molecule has 1 aliphatic heterocycles. The van der Waals surface area contributed by atoms with Crippen LogP contribution in [0, 0.1) is 11.6 Å². The summed E-state index contributed by atoms with van der Waals surface area (Å²) >= 11 is 0. The average Bonchev–Trinajstić information content (AvgIpc) is 2.50. The molecule has 0 bridgehead atoms. The van der Waals surface area contributed by atoms with Crippen LogP contribution in [0.3, 0.4) is 0 Å². The molecule has 0 aliphatic carbocycles. The Labute approximate surface area is 131 Å². The van der Waals surface area contributed by atoms with Crippen LogP contribution in [-0.2, 0) is 11.3 Å². The number of halogens is 2. The third-order valence-corrected chi connectivity index (χ3v) is 3.70. The van der Waals surface area contributed by atoms with Crippen LogP contribution in [0.4, 0.5) is 14.6 Å². The fourth-order valence-corrected chi connectivity index (χ4v) is 2.42. The number of methoxy groups -OCH3 is 1. The summed E-state index contributed by atoms with van der Waals surface area (Å²) in [6.45, 7) is -0.0155. The van der Waals surface area contributed by atoms with Gasteiger partial charge < -0.3 is 14.7 Å². The molecule has 0 radical (unpaired) electrons. The van der Waals surface area contributed by atoms with Gasteiger partial charge in [-0.25, -0.2) is 13.8 Å². The van der Waals surface area contributed by atoms with E-state index in [0.717, 1.165) is 0 Å². The molecule has 0 amide bonds. The lowest BCUT2D eigenvalue weighted by Crippen LogP contribution is -2.52. The Morgan fingerprint density at radius 1 is 1.45 bits per heavy atom. The van der Waals surface area contributed by atoms with Crippen molar-refractivity contribution in [3.05, 3.63) is 47.7 Å². The zero-order valence-corrected chi connectivity index (χ0v) is 11.6. The number of rotatable bonds is 4. The number of aliphatic hydroxyl groups excluding tert-OH is 1. The lowest BCUT2D eigenvalue weighted by atomic mass is 10.0. The van der Waals surface area contributed by atoms with Gasteiger partial charge in [0.1, 0.15) is 5.82 Å². The Kier molecular flexibility index (Phi) is 3.13. The highest BCUT2D eigenvalue weighted by Gasteiger charge is 2.29.